The lowest BCUT2D eigenvalue weighted by molar-refractivity contribution is 0.992. The monoisotopic (exact) mass is 1240 g/mol. The van der Waals surface area contributed by atoms with Gasteiger partial charge in [0.2, 0.25) is 0 Å². The van der Waals surface area contributed by atoms with Gasteiger partial charge in [0.25, 0.3) is 0 Å². The van der Waals surface area contributed by atoms with E-state index in [9.17, 15) is 5.26 Å². The lowest BCUT2D eigenvalue weighted by Crippen LogP contribution is -2.18. The third-order valence-electron chi connectivity index (χ3n) is 19.4. The topological polar surface area (TPSA) is 152 Å². The molecule has 14 heteroatoms. The number of nitrogens with zero attached hydrogens (tertiary/aromatic N) is 14. The van der Waals surface area contributed by atoms with E-state index in [0.29, 0.717) is 16.9 Å². The lowest BCUT2D eigenvalue weighted by atomic mass is 10.0. The summed E-state index contributed by atoms with van der Waals surface area (Å²) in [5, 5.41) is 23.6. The molecule has 0 amide bonds. The van der Waals surface area contributed by atoms with Crippen molar-refractivity contribution in [3.63, 3.8) is 0 Å². The van der Waals surface area contributed by atoms with Crippen LogP contribution in [0.25, 0.3) is 182 Å². The molecule has 0 spiro atoms. The molecule has 20 rings (SSSR count). The number of aromatic nitrogens is 13. The van der Waals surface area contributed by atoms with Crippen molar-refractivity contribution in [2.75, 3.05) is 0 Å². The molecule has 0 saturated carbocycles. The van der Waals surface area contributed by atoms with E-state index < -0.39 is 0 Å². The number of fused-ring (bicyclic) bond motifs is 15. The Labute approximate surface area is 551 Å². The van der Waals surface area contributed by atoms with Crippen LogP contribution in [0.3, 0.4) is 0 Å². The summed E-state index contributed by atoms with van der Waals surface area (Å²) in [6, 6.07) is 81.6. The molecule has 0 radical (unpaired) electrons. The molecule has 0 bridgehead atoms. The lowest BCUT2D eigenvalue weighted by Gasteiger charge is -2.30. The van der Waals surface area contributed by atoms with Gasteiger partial charge in [-0.1, -0.05) is 133 Å². The summed E-state index contributed by atoms with van der Waals surface area (Å²) in [6.07, 6.45) is 21.1. The summed E-state index contributed by atoms with van der Waals surface area (Å²) in [6.45, 7) is 0. The molecule has 0 fully saturated rings. The van der Waals surface area contributed by atoms with Gasteiger partial charge in [0.15, 0.2) is 0 Å². The second-order valence-electron chi connectivity index (χ2n) is 24.4. The van der Waals surface area contributed by atoms with Gasteiger partial charge in [-0.15, -0.1) is 0 Å². The third kappa shape index (κ3) is 7.94. The van der Waals surface area contributed by atoms with Gasteiger partial charge in [-0.25, -0.2) is 39.9 Å². The van der Waals surface area contributed by atoms with Crippen LogP contribution in [0.4, 0.5) is 0 Å². The zero-order chi connectivity index (χ0) is 63.8. The molecule has 0 unspecified atom stereocenters. The summed E-state index contributed by atoms with van der Waals surface area (Å²) >= 11 is 0. The molecule has 0 N–H and O–H groups in total. The van der Waals surface area contributed by atoms with Crippen LogP contribution >= 0.6 is 0 Å². The van der Waals surface area contributed by atoms with E-state index in [1.165, 1.54) is 0 Å². The number of para-hydroxylation sites is 6. The van der Waals surface area contributed by atoms with Crippen molar-refractivity contribution in [3.05, 3.63) is 299 Å². The Morgan fingerprint density at radius 2 is 0.402 bits per heavy atom. The van der Waals surface area contributed by atoms with Crippen molar-refractivity contribution >= 4 is 109 Å². The zero-order valence-electron chi connectivity index (χ0n) is 51.5. The number of nitriles is 1. The highest BCUT2D eigenvalue weighted by molar-refractivity contribution is 6.19. The van der Waals surface area contributed by atoms with E-state index in [0.717, 1.165) is 171 Å². The van der Waals surface area contributed by atoms with Crippen molar-refractivity contribution in [1.29, 1.82) is 5.26 Å². The number of benzene rings is 11. The Hall–Kier alpha value is -13.8. The van der Waals surface area contributed by atoms with Gasteiger partial charge in [0.1, 0.15) is 36.9 Å². The van der Waals surface area contributed by atoms with Crippen LogP contribution in [0.15, 0.2) is 293 Å². The van der Waals surface area contributed by atoms with E-state index in [1.807, 2.05) is 49.6 Å². The molecule has 0 aliphatic heterocycles. The molecule has 450 valence electrons. The molecule has 0 saturated heterocycles. The number of rotatable bonds is 9. The minimum absolute atomic E-state index is 0.435. The standard InChI is InChI=1S/C83H48N14/c84-37-68-79(93-69-19-7-1-13-58(69)59-14-2-8-20-70(59)93)81(96-75-29-25-50(54-38-85-46-86-39-54)33-64(75)65-34-51(26-30-76(65)96)55-40-87-47-88-41-55)83(95-73-23-11-5-17-62(73)63-18-6-12-24-74(63)95)82(80(68)94-71-21-9-3-15-60(71)61-16-4-10-22-72(61)94)97-77-31-27-52(56-42-89-48-90-43-56)35-66(77)67-36-53(28-32-78(67)97)57-44-91-49-92-45-57/h1-36,38-49H. The second kappa shape index (κ2) is 21.1. The maximum atomic E-state index is 13.4. The van der Waals surface area contributed by atoms with Crippen LogP contribution in [-0.4, -0.2) is 62.7 Å². The highest BCUT2D eigenvalue weighted by Crippen LogP contribution is 2.53. The van der Waals surface area contributed by atoms with E-state index in [1.54, 1.807) is 25.3 Å². The summed E-state index contributed by atoms with van der Waals surface area (Å²) in [5.41, 5.74) is 20.6. The first-order valence-corrected chi connectivity index (χ1v) is 31.9. The molecule has 9 heterocycles. The first kappa shape index (κ1) is 53.8. The van der Waals surface area contributed by atoms with Gasteiger partial charge >= 0.3 is 0 Å². The summed E-state index contributed by atoms with van der Waals surface area (Å²) in [5.74, 6) is 0. The summed E-state index contributed by atoms with van der Waals surface area (Å²) < 4.78 is 12.1. The van der Waals surface area contributed by atoms with Crippen LogP contribution < -0.4 is 0 Å². The molecule has 9 aromatic heterocycles. The van der Waals surface area contributed by atoms with Gasteiger partial charge in [0.05, 0.1) is 83.6 Å². The number of hydrogen-bond donors (Lipinski definition) is 0. The van der Waals surface area contributed by atoms with Crippen molar-refractivity contribution in [3.8, 4) is 79.0 Å². The van der Waals surface area contributed by atoms with Crippen LogP contribution in [-0.2, 0) is 0 Å². The average Bonchev–Trinajstić information content (AvgIpc) is 1.57. The van der Waals surface area contributed by atoms with Gasteiger partial charge in [0, 0.05) is 126 Å². The molecular weight excluding hydrogens is 1190 g/mol. The van der Waals surface area contributed by atoms with Crippen molar-refractivity contribution < 1.29 is 0 Å². The van der Waals surface area contributed by atoms with Crippen LogP contribution in [0, 0.1) is 11.3 Å². The normalized spacial score (nSPS) is 11.9. The molecule has 0 aliphatic rings. The minimum Gasteiger partial charge on any atom is -0.306 e. The fourth-order valence-electron chi connectivity index (χ4n) is 15.4. The first-order valence-electron chi connectivity index (χ1n) is 31.9. The Balaban J connectivity index is 1.10. The summed E-state index contributed by atoms with van der Waals surface area (Å²) in [7, 11) is 0. The molecule has 97 heavy (non-hydrogen) atoms. The Morgan fingerprint density at radius 1 is 0.206 bits per heavy atom. The van der Waals surface area contributed by atoms with Crippen molar-refractivity contribution in [2.24, 2.45) is 0 Å². The maximum absolute atomic E-state index is 13.4. The van der Waals surface area contributed by atoms with E-state index in [2.05, 4.69) is 287 Å². The predicted octanol–water partition coefficient (Wildman–Crippen LogP) is 18.9. The quantitative estimate of drug-likeness (QED) is 0.137. The number of hydrogen-bond acceptors (Lipinski definition) is 9. The molecule has 0 aliphatic carbocycles. The van der Waals surface area contributed by atoms with Crippen LogP contribution in [0.2, 0.25) is 0 Å². The largest absolute Gasteiger partial charge is 0.306 e. The van der Waals surface area contributed by atoms with Crippen LogP contribution in [0.1, 0.15) is 5.56 Å². The highest BCUT2D eigenvalue weighted by Gasteiger charge is 2.37. The second-order valence-corrected chi connectivity index (χ2v) is 24.4. The Bertz CT molecular complexity index is 6000. The fourth-order valence-corrected chi connectivity index (χ4v) is 15.4. The molecule has 14 nitrogen and oxygen atoms in total. The smallest absolute Gasteiger partial charge is 0.115 e. The Morgan fingerprint density at radius 3 is 0.629 bits per heavy atom. The van der Waals surface area contributed by atoms with Crippen molar-refractivity contribution in [2.45, 2.75) is 0 Å². The van der Waals surface area contributed by atoms with Crippen molar-refractivity contribution in [1.82, 2.24) is 62.7 Å². The predicted molar refractivity (Wildman–Crippen MR) is 387 cm³/mol. The zero-order valence-corrected chi connectivity index (χ0v) is 51.5. The van der Waals surface area contributed by atoms with E-state index in [-0.39, 0.29) is 0 Å². The minimum atomic E-state index is 0.435. The van der Waals surface area contributed by atoms with Gasteiger partial charge in [-0.3, -0.25) is 0 Å². The molecule has 20 aromatic rings. The van der Waals surface area contributed by atoms with E-state index >= 15 is 0 Å². The third-order valence-corrected chi connectivity index (χ3v) is 19.4. The fraction of sp³-hybridized carbons (Fsp3) is 0. The van der Waals surface area contributed by atoms with E-state index in [4.69, 9.17) is 0 Å². The van der Waals surface area contributed by atoms with Crippen LogP contribution in [0.5, 0.6) is 0 Å². The molecule has 11 aromatic carbocycles. The molecular formula is C83H48N14. The van der Waals surface area contributed by atoms with Gasteiger partial charge in [-0.05, 0) is 107 Å². The van der Waals surface area contributed by atoms with Gasteiger partial charge < -0.3 is 22.8 Å². The average molecular weight is 1240 g/mol. The highest BCUT2D eigenvalue weighted by atomic mass is 15.2. The Kier molecular flexibility index (Phi) is 11.7. The maximum Gasteiger partial charge on any atom is 0.115 e. The van der Waals surface area contributed by atoms with Gasteiger partial charge in [-0.2, -0.15) is 5.26 Å². The SMILES string of the molecule is N#Cc1c(-n2c3ccccc3c3ccccc32)c(-n2c3ccc(-c4cncnc4)cc3c3cc(-c4cncnc4)ccc32)c(-n2c3ccccc3c3ccccc32)c(-n2c3ccc(-c4cncnc4)cc3c3cc(-c4cncnc4)ccc32)c1-n1c2ccccc2c2ccccc21. The summed E-state index contributed by atoms with van der Waals surface area (Å²) in [4.78, 5) is 36.1. The first-order chi connectivity index (χ1) is 48.1. The molecule has 0 atom stereocenters.